The first-order chi connectivity index (χ1) is 9.83. The molecule has 1 amide bonds. The first-order valence-corrected chi connectivity index (χ1v) is 5.79. The lowest BCUT2D eigenvalue weighted by atomic mass is 10.4. The molecule has 0 aliphatic heterocycles. The third-order valence-corrected chi connectivity index (χ3v) is 2.30. The van der Waals surface area contributed by atoms with Crippen LogP contribution in [0.15, 0.2) is 23.4 Å². The summed E-state index contributed by atoms with van der Waals surface area (Å²) in [7, 11) is 0. The zero-order valence-corrected chi connectivity index (χ0v) is 10.8. The summed E-state index contributed by atoms with van der Waals surface area (Å²) in [5, 5.41) is 13.6. The van der Waals surface area contributed by atoms with E-state index in [-0.39, 0.29) is 11.4 Å². The Hall–Kier alpha value is -2.65. The van der Waals surface area contributed by atoms with Crippen LogP contribution < -0.4 is 5.43 Å². The van der Waals surface area contributed by atoms with Crippen molar-refractivity contribution in [2.45, 2.75) is 19.6 Å². The van der Waals surface area contributed by atoms with Crippen LogP contribution >= 0.6 is 0 Å². The summed E-state index contributed by atoms with van der Waals surface area (Å²) in [5.74, 6) is -0.537. The highest BCUT2D eigenvalue weighted by molar-refractivity contribution is 5.92. The number of nitrogens with one attached hydrogen (secondary N) is 2. The summed E-state index contributed by atoms with van der Waals surface area (Å²) in [6, 6.07) is 2.88. The normalized spacial score (nSPS) is 12.0. The zero-order chi connectivity index (χ0) is 15.5. The molecule has 0 unspecified atom stereocenters. The Morgan fingerprint density at radius 1 is 1.57 bits per heavy atom. The van der Waals surface area contributed by atoms with Gasteiger partial charge in [0.25, 0.3) is 5.91 Å². The zero-order valence-electron chi connectivity index (χ0n) is 10.8. The molecule has 2 N–H and O–H groups in total. The number of aromatic nitrogens is 4. The van der Waals surface area contributed by atoms with Gasteiger partial charge in [0.05, 0.1) is 6.21 Å². The molecule has 7 nitrogen and oxygen atoms in total. The Kier molecular flexibility index (Phi) is 4.05. The number of halogens is 3. The SMILES string of the molecule is Cc1cc(C(=O)N/N=C\c2ccn(CC(F)(F)F)n2)n[nH]1. The van der Waals surface area contributed by atoms with Crippen LogP contribution in [-0.2, 0) is 6.54 Å². The van der Waals surface area contributed by atoms with E-state index in [2.05, 4.69) is 25.8 Å². The second-order valence-electron chi connectivity index (χ2n) is 4.19. The first kappa shape index (κ1) is 14.8. The van der Waals surface area contributed by atoms with E-state index in [9.17, 15) is 18.0 Å². The number of hydrogen-bond donors (Lipinski definition) is 2. The highest BCUT2D eigenvalue weighted by atomic mass is 19.4. The van der Waals surface area contributed by atoms with Crippen LogP contribution in [0.1, 0.15) is 21.9 Å². The molecular weight excluding hydrogens is 289 g/mol. The Bertz CT molecular complexity index is 657. The van der Waals surface area contributed by atoms with Crippen molar-refractivity contribution in [3.05, 3.63) is 35.4 Å². The van der Waals surface area contributed by atoms with Gasteiger partial charge in [-0.3, -0.25) is 14.6 Å². The van der Waals surface area contributed by atoms with Gasteiger partial charge in [0.15, 0.2) is 5.69 Å². The fourth-order valence-electron chi connectivity index (χ4n) is 1.47. The molecule has 0 aliphatic carbocycles. The first-order valence-electron chi connectivity index (χ1n) is 5.79. The van der Waals surface area contributed by atoms with E-state index in [4.69, 9.17) is 0 Å². The monoisotopic (exact) mass is 300 g/mol. The molecule has 2 aromatic rings. The molecule has 0 saturated carbocycles. The quantitative estimate of drug-likeness (QED) is 0.658. The van der Waals surface area contributed by atoms with Crippen molar-refractivity contribution in [2.75, 3.05) is 0 Å². The van der Waals surface area contributed by atoms with Gasteiger partial charge < -0.3 is 0 Å². The smallest absolute Gasteiger partial charge is 0.282 e. The van der Waals surface area contributed by atoms with E-state index >= 15 is 0 Å². The van der Waals surface area contributed by atoms with Crippen LogP contribution in [-0.4, -0.2) is 38.3 Å². The Balaban J connectivity index is 1.91. The molecule has 2 heterocycles. The maximum atomic E-state index is 12.1. The van der Waals surface area contributed by atoms with Crippen LogP contribution in [0.25, 0.3) is 0 Å². The predicted molar refractivity (Wildman–Crippen MR) is 66.7 cm³/mol. The van der Waals surface area contributed by atoms with Gasteiger partial charge >= 0.3 is 6.18 Å². The number of amides is 1. The molecule has 0 saturated heterocycles. The number of carbonyl (C=O) groups excluding carboxylic acids is 1. The number of rotatable bonds is 4. The molecule has 0 spiro atoms. The summed E-state index contributed by atoms with van der Waals surface area (Å²) in [6.07, 6.45) is -2.02. The number of hydrazone groups is 1. The maximum absolute atomic E-state index is 12.1. The van der Waals surface area contributed by atoms with E-state index in [1.165, 1.54) is 18.3 Å². The van der Waals surface area contributed by atoms with Gasteiger partial charge in [-0.1, -0.05) is 0 Å². The lowest BCUT2D eigenvalue weighted by Gasteiger charge is -2.04. The molecular formula is C11H11F3N6O. The van der Waals surface area contributed by atoms with Crippen LogP contribution in [0.3, 0.4) is 0 Å². The van der Waals surface area contributed by atoms with Crippen LogP contribution in [0.4, 0.5) is 13.2 Å². The Labute approximate surface area is 116 Å². The molecule has 2 aromatic heterocycles. The van der Waals surface area contributed by atoms with E-state index in [0.29, 0.717) is 0 Å². The minimum absolute atomic E-state index is 0.159. The minimum atomic E-state index is -4.34. The van der Waals surface area contributed by atoms with E-state index in [1.54, 1.807) is 6.92 Å². The summed E-state index contributed by atoms with van der Waals surface area (Å²) in [5.41, 5.74) is 3.26. The standard InChI is InChI=1S/C11H11F3N6O/c1-7-4-9(17-16-7)10(21)18-15-5-8-2-3-20(19-8)6-11(12,13)14/h2-5H,6H2,1H3,(H,16,17)(H,18,21)/b15-5-. The number of alkyl halides is 3. The van der Waals surface area contributed by atoms with Crippen LogP contribution in [0.5, 0.6) is 0 Å². The molecule has 21 heavy (non-hydrogen) atoms. The number of nitrogens with zero attached hydrogens (tertiary/aromatic N) is 4. The molecule has 112 valence electrons. The minimum Gasteiger partial charge on any atom is -0.282 e. The maximum Gasteiger partial charge on any atom is 0.408 e. The highest BCUT2D eigenvalue weighted by Gasteiger charge is 2.28. The molecule has 0 bridgehead atoms. The molecule has 0 fully saturated rings. The summed E-state index contributed by atoms with van der Waals surface area (Å²) >= 11 is 0. The molecule has 0 radical (unpaired) electrons. The topological polar surface area (TPSA) is 88.0 Å². The van der Waals surface area contributed by atoms with E-state index in [1.807, 2.05) is 0 Å². The second kappa shape index (κ2) is 5.77. The highest BCUT2D eigenvalue weighted by Crippen LogP contribution is 2.16. The van der Waals surface area contributed by atoms with Gasteiger partial charge in [0.1, 0.15) is 12.2 Å². The Morgan fingerprint density at radius 2 is 2.33 bits per heavy atom. The fourth-order valence-corrected chi connectivity index (χ4v) is 1.47. The lowest BCUT2D eigenvalue weighted by molar-refractivity contribution is -0.142. The van der Waals surface area contributed by atoms with Gasteiger partial charge in [0.2, 0.25) is 0 Å². The van der Waals surface area contributed by atoms with Crippen LogP contribution in [0.2, 0.25) is 0 Å². The molecule has 0 aromatic carbocycles. The van der Waals surface area contributed by atoms with Gasteiger partial charge in [0, 0.05) is 11.9 Å². The number of aryl methyl sites for hydroxylation is 1. The summed E-state index contributed by atoms with van der Waals surface area (Å²) in [4.78, 5) is 11.6. The molecule has 2 rings (SSSR count). The van der Waals surface area contributed by atoms with Crippen molar-refractivity contribution >= 4 is 12.1 Å². The second-order valence-corrected chi connectivity index (χ2v) is 4.19. The number of carbonyl (C=O) groups is 1. The third-order valence-electron chi connectivity index (χ3n) is 2.30. The van der Waals surface area contributed by atoms with Gasteiger partial charge in [-0.05, 0) is 19.1 Å². The van der Waals surface area contributed by atoms with Gasteiger partial charge in [-0.15, -0.1) is 0 Å². The number of H-pyrrole nitrogens is 1. The van der Waals surface area contributed by atoms with Crippen molar-refractivity contribution in [3.8, 4) is 0 Å². The molecule has 0 aliphatic rings. The van der Waals surface area contributed by atoms with Crippen molar-refractivity contribution in [3.63, 3.8) is 0 Å². The fraction of sp³-hybridized carbons (Fsp3) is 0.273. The molecule has 10 heteroatoms. The van der Waals surface area contributed by atoms with Gasteiger partial charge in [-0.25, -0.2) is 5.43 Å². The van der Waals surface area contributed by atoms with E-state index < -0.39 is 18.6 Å². The van der Waals surface area contributed by atoms with Crippen LogP contribution in [0, 0.1) is 6.92 Å². The average Bonchev–Trinajstić information content (AvgIpc) is 2.96. The third kappa shape index (κ3) is 4.44. The average molecular weight is 300 g/mol. The van der Waals surface area contributed by atoms with Crippen molar-refractivity contribution in [1.82, 2.24) is 25.4 Å². The van der Waals surface area contributed by atoms with Gasteiger partial charge in [-0.2, -0.15) is 28.5 Å². The van der Waals surface area contributed by atoms with Crippen molar-refractivity contribution in [1.29, 1.82) is 0 Å². The van der Waals surface area contributed by atoms with E-state index in [0.717, 1.165) is 16.6 Å². The predicted octanol–water partition coefficient (Wildman–Crippen LogP) is 1.24. The molecule has 0 atom stereocenters. The lowest BCUT2D eigenvalue weighted by Crippen LogP contribution is -2.19. The largest absolute Gasteiger partial charge is 0.408 e. The summed E-state index contributed by atoms with van der Waals surface area (Å²) in [6.45, 7) is 0.556. The number of hydrogen-bond acceptors (Lipinski definition) is 4. The number of aromatic amines is 1. The Morgan fingerprint density at radius 3 is 2.95 bits per heavy atom. The summed E-state index contributed by atoms with van der Waals surface area (Å²) < 4.78 is 37.1. The van der Waals surface area contributed by atoms with Crippen molar-refractivity contribution in [2.24, 2.45) is 5.10 Å². The van der Waals surface area contributed by atoms with Crippen molar-refractivity contribution < 1.29 is 18.0 Å².